The lowest BCUT2D eigenvalue weighted by Crippen LogP contribution is -2.44. The first kappa shape index (κ1) is 20.2. The van der Waals surface area contributed by atoms with Crippen LogP contribution < -0.4 is 10.1 Å². The Bertz CT molecular complexity index is 1150. The highest BCUT2D eigenvalue weighted by Crippen LogP contribution is 2.26. The summed E-state index contributed by atoms with van der Waals surface area (Å²) in [4.78, 5) is 47.4. The second kappa shape index (κ2) is 7.98. The van der Waals surface area contributed by atoms with Crippen LogP contribution in [0.15, 0.2) is 54.6 Å². The average molecular weight is 416 g/mol. The van der Waals surface area contributed by atoms with E-state index in [2.05, 4.69) is 15.3 Å². The zero-order valence-corrected chi connectivity index (χ0v) is 17.2. The van der Waals surface area contributed by atoms with Gasteiger partial charge in [0.15, 0.2) is 0 Å². The Kier molecular flexibility index (Phi) is 5.21. The molecule has 1 atom stereocenters. The summed E-state index contributed by atoms with van der Waals surface area (Å²) >= 11 is 0. The number of ether oxygens (including phenoxy) is 1. The van der Waals surface area contributed by atoms with Gasteiger partial charge in [0.05, 0.1) is 11.1 Å². The summed E-state index contributed by atoms with van der Waals surface area (Å²) in [5, 5.41) is 3.08. The molecule has 1 aliphatic rings. The number of rotatable bonds is 5. The lowest BCUT2D eigenvalue weighted by molar-refractivity contribution is -0.138. The number of anilines is 2. The minimum absolute atomic E-state index is 0.267. The van der Waals surface area contributed by atoms with E-state index >= 15 is 0 Å². The molecule has 0 spiro atoms. The van der Waals surface area contributed by atoms with Crippen LogP contribution in [0.5, 0.6) is 5.75 Å². The molecule has 2 amide bonds. The predicted molar refractivity (Wildman–Crippen MR) is 113 cm³/mol. The lowest BCUT2D eigenvalue weighted by atomic mass is 10.1. The second-order valence-corrected chi connectivity index (χ2v) is 7.25. The van der Waals surface area contributed by atoms with Crippen molar-refractivity contribution in [2.24, 2.45) is 0 Å². The number of nitrogens with one attached hydrogen (secondary N) is 1. The summed E-state index contributed by atoms with van der Waals surface area (Å²) in [5.74, 6) is -1.03. The van der Waals surface area contributed by atoms with Crippen LogP contribution in [0.2, 0.25) is 0 Å². The first-order valence-corrected chi connectivity index (χ1v) is 9.71. The molecule has 1 aliphatic heterocycles. The van der Waals surface area contributed by atoms with Crippen LogP contribution in [0, 0.1) is 13.8 Å². The number of fused-ring (bicyclic) bond motifs is 1. The molecule has 0 radical (unpaired) electrons. The van der Waals surface area contributed by atoms with E-state index < -0.39 is 23.8 Å². The van der Waals surface area contributed by atoms with Crippen molar-refractivity contribution in [2.75, 3.05) is 5.32 Å². The maximum Gasteiger partial charge on any atom is 0.334 e. The van der Waals surface area contributed by atoms with Crippen LogP contribution >= 0.6 is 0 Å². The van der Waals surface area contributed by atoms with Crippen molar-refractivity contribution in [3.05, 3.63) is 77.1 Å². The lowest BCUT2D eigenvalue weighted by Gasteiger charge is -2.21. The fraction of sp³-hybridized carbons (Fsp3) is 0.174. The Morgan fingerprint density at radius 2 is 1.55 bits per heavy atom. The van der Waals surface area contributed by atoms with Gasteiger partial charge in [-0.1, -0.05) is 18.2 Å². The van der Waals surface area contributed by atoms with E-state index in [4.69, 9.17) is 4.74 Å². The van der Waals surface area contributed by atoms with Crippen molar-refractivity contribution in [3.8, 4) is 5.75 Å². The third-order valence-electron chi connectivity index (χ3n) is 4.84. The zero-order valence-electron chi connectivity index (χ0n) is 17.2. The molecule has 0 aliphatic carbocycles. The Morgan fingerprint density at radius 1 is 0.935 bits per heavy atom. The normalized spacial score (nSPS) is 13.7. The molecule has 31 heavy (non-hydrogen) atoms. The van der Waals surface area contributed by atoms with Crippen LogP contribution in [-0.2, 0) is 4.79 Å². The SMILES string of the molecule is Cc1cc(C)nc(Nc2cccc(OC(=O)[C@@H](C)N3C(=O)c4ccccc4C3=O)c2)n1. The molecule has 2 aromatic carbocycles. The number of amides is 2. The fourth-order valence-corrected chi connectivity index (χ4v) is 3.41. The van der Waals surface area contributed by atoms with Gasteiger partial charge in [0, 0.05) is 23.1 Å². The topological polar surface area (TPSA) is 101 Å². The maximum absolute atomic E-state index is 12.7. The fourth-order valence-electron chi connectivity index (χ4n) is 3.41. The molecule has 0 saturated carbocycles. The van der Waals surface area contributed by atoms with Crippen molar-refractivity contribution >= 4 is 29.4 Å². The molecule has 8 heteroatoms. The van der Waals surface area contributed by atoms with Crippen LogP contribution in [0.25, 0.3) is 0 Å². The highest BCUT2D eigenvalue weighted by atomic mass is 16.5. The minimum atomic E-state index is -1.08. The number of nitrogens with zero attached hydrogens (tertiary/aromatic N) is 3. The molecular weight excluding hydrogens is 396 g/mol. The van der Waals surface area contributed by atoms with E-state index in [0.29, 0.717) is 11.6 Å². The first-order chi connectivity index (χ1) is 14.8. The molecular formula is C23H20N4O4. The maximum atomic E-state index is 12.7. The second-order valence-electron chi connectivity index (χ2n) is 7.25. The molecule has 0 unspecified atom stereocenters. The Hall–Kier alpha value is -4.07. The number of benzene rings is 2. The number of aryl methyl sites for hydroxylation is 2. The summed E-state index contributed by atoms with van der Waals surface area (Å²) in [6.45, 7) is 5.22. The summed E-state index contributed by atoms with van der Waals surface area (Å²) in [5.41, 5.74) is 2.85. The molecule has 156 valence electrons. The molecule has 4 rings (SSSR count). The first-order valence-electron chi connectivity index (χ1n) is 9.71. The standard InChI is InChI=1S/C23H20N4O4/c1-13-11-14(2)25-23(24-13)26-16-7-6-8-17(12-16)31-22(30)15(3)27-20(28)18-9-4-5-10-19(18)21(27)29/h4-12,15H,1-3H3,(H,24,25,26)/t15-/m1/s1. The van der Waals surface area contributed by atoms with Crippen molar-refractivity contribution in [1.29, 1.82) is 0 Å². The molecule has 3 aromatic rings. The van der Waals surface area contributed by atoms with Crippen molar-refractivity contribution in [3.63, 3.8) is 0 Å². The van der Waals surface area contributed by atoms with Gasteiger partial charge in [0.1, 0.15) is 11.8 Å². The Morgan fingerprint density at radius 3 is 2.16 bits per heavy atom. The van der Waals surface area contributed by atoms with E-state index in [0.717, 1.165) is 16.3 Å². The van der Waals surface area contributed by atoms with Crippen molar-refractivity contribution in [1.82, 2.24) is 14.9 Å². The highest BCUT2D eigenvalue weighted by Gasteiger charge is 2.41. The molecule has 0 bridgehead atoms. The highest BCUT2D eigenvalue weighted by molar-refractivity contribution is 6.22. The van der Waals surface area contributed by atoms with Gasteiger partial charge < -0.3 is 10.1 Å². The van der Waals surface area contributed by atoms with E-state index in [9.17, 15) is 14.4 Å². The summed E-state index contributed by atoms with van der Waals surface area (Å²) in [6.07, 6.45) is 0. The van der Waals surface area contributed by atoms with Gasteiger partial charge in [-0.2, -0.15) is 0 Å². The van der Waals surface area contributed by atoms with Gasteiger partial charge in [-0.05, 0) is 51.1 Å². The number of hydrogen-bond acceptors (Lipinski definition) is 7. The molecule has 8 nitrogen and oxygen atoms in total. The predicted octanol–water partition coefficient (Wildman–Crippen LogP) is 3.43. The summed E-state index contributed by atoms with van der Waals surface area (Å²) < 4.78 is 5.44. The van der Waals surface area contributed by atoms with Gasteiger partial charge in [0.2, 0.25) is 5.95 Å². The zero-order chi connectivity index (χ0) is 22.1. The number of esters is 1. The average Bonchev–Trinajstić information content (AvgIpc) is 2.97. The number of aromatic nitrogens is 2. The molecule has 0 saturated heterocycles. The van der Waals surface area contributed by atoms with Gasteiger partial charge in [-0.3, -0.25) is 14.5 Å². The van der Waals surface area contributed by atoms with Crippen LogP contribution in [-0.4, -0.2) is 38.7 Å². The largest absolute Gasteiger partial charge is 0.425 e. The van der Waals surface area contributed by atoms with E-state index in [-0.39, 0.29) is 16.9 Å². The summed E-state index contributed by atoms with van der Waals surface area (Å²) in [7, 11) is 0. The quantitative estimate of drug-likeness (QED) is 0.386. The minimum Gasteiger partial charge on any atom is -0.425 e. The molecule has 0 fully saturated rings. The molecule has 1 aromatic heterocycles. The van der Waals surface area contributed by atoms with Crippen LogP contribution in [0.3, 0.4) is 0 Å². The molecule has 1 N–H and O–H groups in total. The Balaban J connectivity index is 1.48. The third-order valence-corrected chi connectivity index (χ3v) is 4.84. The van der Waals surface area contributed by atoms with Crippen molar-refractivity contribution < 1.29 is 19.1 Å². The van der Waals surface area contributed by atoms with Gasteiger partial charge >= 0.3 is 5.97 Å². The van der Waals surface area contributed by atoms with Crippen molar-refractivity contribution in [2.45, 2.75) is 26.8 Å². The van der Waals surface area contributed by atoms with Gasteiger partial charge in [-0.25, -0.2) is 14.8 Å². The van der Waals surface area contributed by atoms with Crippen LogP contribution in [0.1, 0.15) is 39.0 Å². The number of imide groups is 1. The van der Waals surface area contributed by atoms with Gasteiger partial charge in [0.25, 0.3) is 11.8 Å². The smallest absolute Gasteiger partial charge is 0.334 e. The number of carbonyl (C=O) groups is 3. The third kappa shape index (κ3) is 4.00. The van der Waals surface area contributed by atoms with E-state index in [1.54, 1.807) is 48.5 Å². The van der Waals surface area contributed by atoms with Crippen LogP contribution in [0.4, 0.5) is 11.6 Å². The molecule has 2 heterocycles. The van der Waals surface area contributed by atoms with E-state index in [1.165, 1.54) is 6.92 Å². The number of hydrogen-bond donors (Lipinski definition) is 1. The van der Waals surface area contributed by atoms with E-state index in [1.807, 2.05) is 19.9 Å². The number of carbonyl (C=O) groups excluding carboxylic acids is 3. The summed E-state index contributed by atoms with van der Waals surface area (Å²) in [6, 6.07) is 14.0. The van der Waals surface area contributed by atoms with Gasteiger partial charge in [-0.15, -0.1) is 0 Å². The Labute approximate surface area is 178 Å². The monoisotopic (exact) mass is 416 g/mol.